The van der Waals surface area contributed by atoms with Gasteiger partial charge in [-0.15, -0.1) is 0 Å². The van der Waals surface area contributed by atoms with E-state index in [0.29, 0.717) is 6.04 Å². The summed E-state index contributed by atoms with van der Waals surface area (Å²) < 4.78 is 11.0. The average molecular weight is 264 g/mol. The van der Waals surface area contributed by atoms with Gasteiger partial charge in [0.1, 0.15) is 0 Å². The smallest absolute Gasteiger partial charge is 0.0971 e. The lowest BCUT2D eigenvalue weighted by Gasteiger charge is -2.23. The van der Waals surface area contributed by atoms with E-state index in [1.807, 2.05) is 13.1 Å². The van der Waals surface area contributed by atoms with Crippen LogP contribution in [0.1, 0.15) is 11.6 Å². The van der Waals surface area contributed by atoms with Crippen molar-refractivity contribution in [3.8, 4) is 0 Å². The fourth-order valence-corrected chi connectivity index (χ4v) is 2.73. The molecule has 1 aromatic carbocycles. The number of hydrogen-bond donors (Lipinski definition) is 1. The lowest BCUT2D eigenvalue weighted by molar-refractivity contribution is -0.00461. The predicted octanol–water partition coefficient (Wildman–Crippen LogP) is 1.29. The lowest BCUT2D eigenvalue weighted by atomic mass is 10.1. The van der Waals surface area contributed by atoms with E-state index >= 15 is 0 Å². The largest absolute Gasteiger partial charge is 0.377 e. The lowest BCUT2D eigenvalue weighted by Crippen LogP contribution is -2.33. The summed E-state index contributed by atoms with van der Waals surface area (Å²) in [5.74, 6) is 0. The van der Waals surface area contributed by atoms with Crippen LogP contribution in [0.3, 0.4) is 0 Å². The van der Waals surface area contributed by atoms with Crippen LogP contribution >= 0.6 is 0 Å². The summed E-state index contributed by atoms with van der Waals surface area (Å²) in [7, 11) is 5.52. The zero-order valence-electron chi connectivity index (χ0n) is 12.0. The highest BCUT2D eigenvalue weighted by Crippen LogP contribution is 2.20. The van der Waals surface area contributed by atoms with Gasteiger partial charge in [-0.25, -0.2) is 0 Å². The van der Waals surface area contributed by atoms with Gasteiger partial charge < -0.3 is 14.8 Å². The van der Waals surface area contributed by atoms with Crippen molar-refractivity contribution >= 4 is 0 Å². The number of rotatable bonds is 6. The van der Waals surface area contributed by atoms with Crippen molar-refractivity contribution in [2.75, 3.05) is 40.9 Å². The molecule has 1 aliphatic heterocycles. The molecule has 4 nitrogen and oxygen atoms in total. The van der Waals surface area contributed by atoms with Crippen LogP contribution < -0.4 is 5.32 Å². The standard InChI is InChI=1S/C15H24N2O2/c1-16-13(12-7-5-4-6-8-12)9-17-10-14(18-2)15(11-17)19-3/h4-8,13-16H,9-11H2,1-3H3. The van der Waals surface area contributed by atoms with E-state index in [9.17, 15) is 0 Å². The SMILES string of the molecule is CNC(CN1CC(OC)C(OC)C1)c1ccccc1. The Morgan fingerprint density at radius 3 is 2.21 bits per heavy atom. The van der Waals surface area contributed by atoms with E-state index < -0.39 is 0 Å². The van der Waals surface area contributed by atoms with Crippen LogP contribution in [0.4, 0.5) is 0 Å². The van der Waals surface area contributed by atoms with Crippen LogP contribution in [0, 0.1) is 0 Å². The molecular weight excluding hydrogens is 240 g/mol. The number of hydrogen-bond acceptors (Lipinski definition) is 4. The van der Waals surface area contributed by atoms with Gasteiger partial charge in [0.2, 0.25) is 0 Å². The van der Waals surface area contributed by atoms with Crippen molar-refractivity contribution in [1.29, 1.82) is 0 Å². The molecule has 1 saturated heterocycles. The molecule has 1 aliphatic rings. The Kier molecular flexibility index (Phi) is 5.34. The number of likely N-dealkylation sites (tertiary alicyclic amines) is 1. The van der Waals surface area contributed by atoms with E-state index in [2.05, 4.69) is 34.5 Å². The van der Waals surface area contributed by atoms with Crippen LogP contribution in [0.15, 0.2) is 30.3 Å². The third-order valence-electron chi connectivity index (χ3n) is 3.89. The number of nitrogens with one attached hydrogen (secondary N) is 1. The normalized spacial score (nSPS) is 25.6. The summed E-state index contributed by atoms with van der Waals surface area (Å²) in [5, 5.41) is 3.39. The second kappa shape index (κ2) is 7.01. The zero-order valence-corrected chi connectivity index (χ0v) is 12.0. The Morgan fingerprint density at radius 1 is 1.16 bits per heavy atom. The molecule has 3 unspecified atom stereocenters. The van der Waals surface area contributed by atoms with E-state index in [4.69, 9.17) is 9.47 Å². The topological polar surface area (TPSA) is 33.7 Å². The highest BCUT2D eigenvalue weighted by molar-refractivity contribution is 5.19. The molecule has 106 valence electrons. The zero-order chi connectivity index (χ0) is 13.7. The van der Waals surface area contributed by atoms with Crippen molar-refractivity contribution in [2.24, 2.45) is 0 Å². The summed E-state index contributed by atoms with van der Waals surface area (Å²) in [6, 6.07) is 10.9. The molecule has 1 fully saturated rings. The summed E-state index contributed by atoms with van der Waals surface area (Å²) in [6.45, 7) is 2.83. The minimum atomic E-state index is 0.179. The van der Waals surface area contributed by atoms with E-state index in [1.54, 1.807) is 14.2 Å². The maximum atomic E-state index is 5.48. The minimum absolute atomic E-state index is 0.179. The summed E-state index contributed by atoms with van der Waals surface area (Å²) >= 11 is 0. The number of nitrogens with zero attached hydrogens (tertiary/aromatic N) is 1. The van der Waals surface area contributed by atoms with Crippen LogP contribution in [0.5, 0.6) is 0 Å². The second-order valence-electron chi connectivity index (χ2n) is 5.02. The van der Waals surface area contributed by atoms with Gasteiger partial charge in [-0.05, 0) is 12.6 Å². The molecule has 0 aromatic heterocycles. The van der Waals surface area contributed by atoms with E-state index in [-0.39, 0.29) is 12.2 Å². The van der Waals surface area contributed by atoms with Crippen LogP contribution in [-0.2, 0) is 9.47 Å². The third-order valence-corrected chi connectivity index (χ3v) is 3.89. The maximum absolute atomic E-state index is 5.48. The predicted molar refractivity (Wildman–Crippen MR) is 76.3 cm³/mol. The molecule has 1 heterocycles. The Balaban J connectivity index is 1.97. The molecule has 4 heteroatoms. The summed E-state index contributed by atoms with van der Waals surface area (Å²) in [4.78, 5) is 2.40. The molecule has 0 spiro atoms. The Morgan fingerprint density at radius 2 is 1.74 bits per heavy atom. The van der Waals surface area contributed by atoms with Gasteiger partial charge in [0.15, 0.2) is 0 Å². The van der Waals surface area contributed by atoms with Gasteiger partial charge in [0.05, 0.1) is 12.2 Å². The van der Waals surface area contributed by atoms with Crippen molar-refractivity contribution in [1.82, 2.24) is 10.2 Å². The van der Waals surface area contributed by atoms with Gasteiger partial charge in [-0.3, -0.25) is 4.90 Å². The molecule has 1 N–H and O–H groups in total. The first-order chi connectivity index (χ1) is 9.28. The summed E-state index contributed by atoms with van der Waals surface area (Å²) in [6.07, 6.45) is 0.358. The first kappa shape index (κ1) is 14.5. The van der Waals surface area contributed by atoms with Crippen molar-refractivity contribution in [3.63, 3.8) is 0 Å². The molecule has 0 saturated carbocycles. The van der Waals surface area contributed by atoms with Crippen molar-refractivity contribution in [3.05, 3.63) is 35.9 Å². The number of methoxy groups -OCH3 is 2. The van der Waals surface area contributed by atoms with Crippen LogP contribution in [0.25, 0.3) is 0 Å². The Labute approximate surface area is 115 Å². The van der Waals surface area contributed by atoms with Gasteiger partial charge in [-0.1, -0.05) is 30.3 Å². The number of benzene rings is 1. The molecule has 0 radical (unpaired) electrons. The molecule has 3 atom stereocenters. The van der Waals surface area contributed by atoms with Crippen LogP contribution in [-0.4, -0.2) is 58.0 Å². The van der Waals surface area contributed by atoms with Crippen molar-refractivity contribution < 1.29 is 9.47 Å². The number of ether oxygens (including phenoxy) is 2. The third kappa shape index (κ3) is 3.54. The Bertz CT molecular complexity index is 360. The fourth-order valence-electron chi connectivity index (χ4n) is 2.73. The highest BCUT2D eigenvalue weighted by Gasteiger charge is 2.33. The van der Waals surface area contributed by atoms with Gasteiger partial charge in [0.25, 0.3) is 0 Å². The quantitative estimate of drug-likeness (QED) is 0.839. The second-order valence-corrected chi connectivity index (χ2v) is 5.02. The fraction of sp³-hybridized carbons (Fsp3) is 0.600. The molecular formula is C15H24N2O2. The van der Waals surface area contributed by atoms with Gasteiger partial charge in [0, 0.05) is 39.9 Å². The molecule has 19 heavy (non-hydrogen) atoms. The summed E-state index contributed by atoms with van der Waals surface area (Å²) in [5.41, 5.74) is 1.32. The molecule has 0 aliphatic carbocycles. The first-order valence-electron chi connectivity index (χ1n) is 6.78. The number of likely N-dealkylation sites (N-methyl/N-ethyl adjacent to an activating group) is 1. The van der Waals surface area contributed by atoms with Gasteiger partial charge in [-0.2, -0.15) is 0 Å². The van der Waals surface area contributed by atoms with Gasteiger partial charge >= 0.3 is 0 Å². The van der Waals surface area contributed by atoms with Crippen LogP contribution in [0.2, 0.25) is 0 Å². The molecule has 1 aromatic rings. The minimum Gasteiger partial charge on any atom is -0.377 e. The highest BCUT2D eigenvalue weighted by atomic mass is 16.5. The molecule has 0 amide bonds. The Hall–Kier alpha value is -0.940. The maximum Gasteiger partial charge on any atom is 0.0971 e. The van der Waals surface area contributed by atoms with E-state index in [0.717, 1.165) is 19.6 Å². The first-order valence-corrected chi connectivity index (χ1v) is 6.78. The molecule has 0 bridgehead atoms. The van der Waals surface area contributed by atoms with E-state index in [1.165, 1.54) is 5.56 Å². The van der Waals surface area contributed by atoms with Crippen molar-refractivity contribution in [2.45, 2.75) is 18.2 Å². The monoisotopic (exact) mass is 264 g/mol. The average Bonchev–Trinajstić information content (AvgIpc) is 2.87. The molecule has 2 rings (SSSR count).